The summed E-state index contributed by atoms with van der Waals surface area (Å²) in [4.78, 5) is 9.22. The highest BCUT2D eigenvalue weighted by atomic mass is 16.6. The van der Waals surface area contributed by atoms with Crippen molar-refractivity contribution in [3.63, 3.8) is 0 Å². The molecule has 8 heavy (non-hydrogen) atoms. The van der Waals surface area contributed by atoms with Crippen molar-refractivity contribution >= 4 is 0 Å². The monoisotopic (exact) mass is 118 g/mol. The molecule has 0 aliphatic rings. The highest BCUT2D eigenvalue weighted by molar-refractivity contribution is 4.73. The van der Waals surface area contributed by atoms with Gasteiger partial charge in [-0.15, -0.1) is 0 Å². The maximum atomic E-state index is 9.84. The molecule has 1 unspecified atom stereocenters. The smallest absolute Gasteiger partial charge is 0.242 e. The quantitative estimate of drug-likeness (QED) is 0.405. The fourth-order valence-electron chi connectivity index (χ4n) is 0.0577. The molecule has 0 aliphatic heterocycles. The van der Waals surface area contributed by atoms with Gasteiger partial charge in [0.25, 0.3) is 0 Å². The van der Waals surface area contributed by atoms with Crippen molar-refractivity contribution in [2.75, 3.05) is 6.61 Å². The van der Waals surface area contributed by atoms with Crippen LogP contribution in [0.4, 0.5) is 0 Å². The second kappa shape index (κ2) is 2.09. The predicted molar refractivity (Wildman–Crippen MR) is 27.8 cm³/mol. The molecule has 0 saturated carbocycles. The van der Waals surface area contributed by atoms with Crippen LogP contribution in [0.25, 0.3) is 0 Å². The Morgan fingerprint density at radius 2 is 2.38 bits per heavy atom. The van der Waals surface area contributed by atoms with Crippen LogP contribution >= 0.6 is 0 Å². The van der Waals surface area contributed by atoms with Crippen LogP contribution in [-0.2, 0) is 0 Å². The lowest BCUT2D eigenvalue weighted by atomic mass is 10.1. The average molecular weight is 118 g/mol. The lowest BCUT2D eigenvalue weighted by Crippen LogP contribution is -2.35. The second-order valence-electron chi connectivity index (χ2n) is 1.91. The standard InChI is InChI=1S/C4H8NO3/c1-4(2,3-6)5(7)8/h6H,1,3H2,2H3. The second-order valence-corrected chi connectivity index (χ2v) is 1.91. The Hall–Kier alpha value is -0.640. The first kappa shape index (κ1) is 7.36. The van der Waals surface area contributed by atoms with E-state index in [1.807, 2.05) is 0 Å². The summed E-state index contributed by atoms with van der Waals surface area (Å²) in [6.07, 6.45) is 0. The van der Waals surface area contributed by atoms with Gasteiger partial charge in [-0.3, -0.25) is 10.1 Å². The SMILES string of the molecule is [CH2]C(C)(CO)[N+](=O)[O-]. The molecule has 0 rings (SSSR count). The highest BCUT2D eigenvalue weighted by Crippen LogP contribution is 2.03. The first-order valence-corrected chi connectivity index (χ1v) is 2.11. The number of aliphatic hydroxyl groups is 1. The third kappa shape index (κ3) is 1.46. The molecule has 0 aromatic heterocycles. The van der Waals surface area contributed by atoms with Gasteiger partial charge in [-0.2, -0.15) is 0 Å². The normalized spacial score (nSPS) is 11.4. The number of hydrogen-bond acceptors (Lipinski definition) is 3. The largest absolute Gasteiger partial charge is 0.389 e. The molecule has 0 aromatic rings. The Kier molecular flexibility index (Phi) is 1.92. The average Bonchev–Trinajstić information content (AvgIpc) is 1.67. The number of nitrogens with zero attached hydrogens (tertiary/aromatic N) is 1. The van der Waals surface area contributed by atoms with Crippen molar-refractivity contribution < 1.29 is 10.0 Å². The van der Waals surface area contributed by atoms with Gasteiger partial charge in [0.1, 0.15) is 6.61 Å². The summed E-state index contributed by atoms with van der Waals surface area (Å²) in [5.41, 5.74) is -1.43. The van der Waals surface area contributed by atoms with Gasteiger partial charge >= 0.3 is 0 Å². The maximum absolute atomic E-state index is 9.84. The zero-order valence-electron chi connectivity index (χ0n) is 4.63. The summed E-state index contributed by atoms with van der Waals surface area (Å²) in [5, 5.41) is 18.1. The third-order valence-corrected chi connectivity index (χ3v) is 0.781. The lowest BCUT2D eigenvalue weighted by molar-refractivity contribution is -0.554. The Labute approximate surface area is 47.3 Å². The van der Waals surface area contributed by atoms with Crippen LogP contribution in [-0.4, -0.2) is 22.2 Å². The molecule has 0 aliphatic carbocycles. The summed E-state index contributed by atoms with van der Waals surface area (Å²) in [7, 11) is 0. The molecule has 0 fully saturated rings. The van der Waals surface area contributed by atoms with E-state index in [0.29, 0.717) is 0 Å². The Morgan fingerprint density at radius 3 is 2.38 bits per heavy atom. The molecule has 0 spiro atoms. The minimum atomic E-state index is -1.43. The summed E-state index contributed by atoms with van der Waals surface area (Å²) < 4.78 is 0. The molecule has 47 valence electrons. The molecule has 4 nitrogen and oxygen atoms in total. The van der Waals surface area contributed by atoms with Gasteiger partial charge in [0.2, 0.25) is 5.54 Å². The van der Waals surface area contributed by atoms with Gasteiger partial charge in [0.05, 0.1) is 0 Å². The first-order valence-electron chi connectivity index (χ1n) is 2.11. The van der Waals surface area contributed by atoms with Crippen molar-refractivity contribution in [1.29, 1.82) is 0 Å². The van der Waals surface area contributed by atoms with Crippen molar-refractivity contribution in [3.8, 4) is 0 Å². The van der Waals surface area contributed by atoms with Gasteiger partial charge in [0.15, 0.2) is 0 Å². The van der Waals surface area contributed by atoms with E-state index in [0.717, 1.165) is 0 Å². The summed E-state index contributed by atoms with van der Waals surface area (Å²) in [6.45, 7) is 3.87. The Balaban J connectivity index is 3.91. The first-order chi connectivity index (χ1) is 3.50. The molecule has 0 amide bonds. The molecule has 4 heteroatoms. The van der Waals surface area contributed by atoms with E-state index in [1.54, 1.807) is 0 Å². The maximum Gasteiger partial charge on any atom is 0.242 e. The van der Waals surface area contributed by atoms with Gasteiger partial charge in [0, 0.05) is 18.8 Å². The van der Waals surface area contributed by atoms with Gasteiger partial charge < -0.3 is 5.11 Å². The Morgan fingerprint density at radius 1 is 2.00 bits per heavy atom. The van der Waals surface area contributed by atoms with Crippen molar-refractivity contribution in [2.24, 2.45) is 0 Å². The van der Waals surface area contributed by atoms with Crippen LogP contribution in [0.1, 0.15) is 6.92 Å². The zero-order chi connectivity index (χ0) is 6.78. The van der Waals surface area contributed by atoms with Crippen molar-refractivity contribution in [3.05, 3.63) is 17.0 Å². The van der Waals surface area contributed by atoms with Gasteiger partial charge in [-0.25, -0.2) is 0 Å². The van der Waals surface area contributed by atoms with E-state index < -0.39 is 17.1 Å². The molecule has 0 bridgehead atoms. The van der Waals surface area contributed by atoms with E-state index in [-0.39, 0.29) is 0 Å². The summed E-state index contributed by atoms with van der Waals surface area (Å²) >= 11 is 0. The van der Waals surface area contributed by atoms with Gasteiger partial charge in [-0.05, 0) is 0 Å². The molecule has 1 N–H and O–H groups in total. The molecule has 0 aromatic carbocycles. The Bertz CT molecular complexity index is 99.5. The van der Waals surface area contributed by atoms with Crippen LogP contribution < -0.4 is 0 Å². The number of rotatable bonds is 2. The summed E-state index contributed by atoms with van der Waals surface area (Å²) in [6, 6.07) is 0. The molecular weight excluding hydrogens is 110 g/mol. The molecule has 0 saturated heterocycles. The minimum Gasteiger partial charge on any atom is -0.389 e. The van der Waals surface area contributed by atoms with Gasteiger partial charge in [-0.1, -0.05) is 0 Å². The number of aliphatic hydroxyl groups excluding tert-OH is 1. The minimum absolute atomic E-state index is 0.528. The van der Waals surface area contributed by atoms with Crippen LogP contribution in [0.3, 0.4) is 0 Å². The zero-order valence-corrected chi connectivity index (χ0v) is 4.63. The molecule has 0 heterocycles. The van der Waals surface area contributed by atoms with Crippen LogP contribution in [0.15, 0.2) is 0 Å². The molecule has 1 radical (unpaired) electrons. The lowest BCUT2D eigenvalue weighted by Gasteiger charge is -2.09. The fraction of sp³-hybridized carbons (Fsp3) is 0.750. The van der Waals surface area contributed by atoms with Crippen LogP contribution in [0, 0.1) is 17.0 Å². The predicted octanol–water partition coefficient (Wildman–Crippen LogP) is -0.152. The van der Waals surface area contributed by atoms with E-state index >= 15 is 0 Å². The number of hydrogen-bond donors (Lipinski definition) is 1. The van der Waals surface area contributed by atoms with E-state index in [1.165, 1.54) is 6.92 Å². The third-order valence-electron chi connectivity index (χ3n) is 0.781. The van der Waals surface area contributed by atoms with E-state index in [4.69, 9.17) is 5.11 Å². The van der Waals surface area contributed by atoms with E-state index in [9.17, 15) is 10.1 Å². The molecular formula is C4H8NO3. The highest BCUT2D eigenvalue weighted by Gasteiger charge is 2.29. The van der Waals surface area contributed by atoms with Crippen LogP contribution in [0.2, 0.25) is 0 Å². The fourth-order valence-corrected chi connectivity index (χ4v) is 0.0577. The summed E-state index contributed by atoms with van der Waals surface area (Å²) in [5.74, 6) is 0. The van der Waals surface area contributed by atoms with Crippen molar-refractivity contribution in [2.45, 2.75) is 12.5 Å². The van der Waals surface area contributed by atoms with Crippen molar-refractivity contribution in [1.82, 2.24) is 0 Å². The topological polar surface area (TPSA) is 63.4 Å². The number of nitro groups is 1. The molecule has 1 atom stereocenters. The van der Waals surface area contributed by atoms with Crippen LogP contribution in [0.5, 0.6) is 0 Å². The van der Waals surface area contributed by atoms with E-state index in [2.05, 4.69) is 6.92 Å².